The van der Waals surface area contributed by atoms with Crippen LogP contribution in [-0.2, 0) is 9.59 Å². The summed E-state index contributed by atoms with van der Waals surface area (Å²) in [4.78, 5) is 40.4. The molecule has 1 aromatic carbocycles. The Balaban J connectivity index is 1.44. The lowest BCUT2D eigenvalue weighted by Gasteiger charge is -2.39. The molecular weight excluding hydrogens is 360 g/mol. The van der Waals surface area contributed by atoms with Crippen molar-refractivity contribution in [3.8, 4) is 5.75 Å². The minimum absolute atomic E-state index is 0.0106. The lowest BCUT2D eigenvalue weighted by atomic mass is 9.76. The van der Waals surface area contributed by atoms with Crippen LogP contribution in [0.1, 0.15) is 48.0 Å². The van der Waals surface area contributed by atoms with Gasteiger partial charge in [0.1, 0.15) is 11.8 Å². The molecule has 2 heterocycles. The van der Waals surface area contributed by atoms with Crippen molar-refractivity contribution in [2.45, 2.75) is 45.1 Å². The summed E-state index contributed by atoms with van der Waals surface area (Å²) in [5.74, 6) is -0.834. The second-order valence-corrected chi connectivity index (χ2v) is 8.59. The van der Waals surface area contributed by atoms with Gasteiger partial charge in [-0.15, -0.1) is 0 Å². The maximum absolute atomic E-state index is 12.8. The third-order valence-corrected chi connectivity index (χ3v) is 6.56. The summed E-state index contributed by atoms with van der Waals surface area (Å²) in [7, 11) is 0. The number of likely N-dealkylation sites (tertiary alicyclic amines) is 2. The average molecular weight is 386 g/mol. The van der Waals surface area contributed by atoms with Crippen LogP contribution in [0.5, 0.6) is 5.75 Å². The van der Waals surface area contributed by atoms with Gasteiger partial charge >= 0.3 is 5.97 Å². The summed E-state index contributed by atoms with van der Waals surface area (Å²) < 4.78 is 0. The van der Waals surface area contributed by atoms with Crippen LogP contribution >= 0.6 is 0 Å². The molecule has 3 fully saturated rings. The van der Waals surface area contributed by atoms with Crippen LogP contribution in [0.25, 0.3) is 0 Å². The Kier molecular flexibility index (Phi) is 4.56. The zero-order chi connectivity index (χ0) is 20.1. The molecule has 2 saturated heterocycles. The highest BCUT2D eigenvalue weighted by Gasteiger charge is 2.52. The standard InChI is InChI=1S/C21H26N2O5/c1-13-10-15(4-5-17(13)24)18(25)22-8-6-21(7-9-22)11-16(20(27)28)23(12-21)19(26)14-2-3-14/h4-5,10,14,16,24H,2-3,6-9,11-12H2,1H3,(H,27,28)/t16-/m0/s1. The maximum Gasteiger partial charge on any atom is 0.326 e. The Hall–Kier alpha value is -2.57. The van der Waals surface area contributed by atoms with E-state index in [9.17, 15) is 24.6 Å². The predicted molar refractivity (Wildman–Crippen MR) is 101 cm³/mol. The summed E-state index contributed by atoms with van der Waals surface area (Å²) in [6.07, 6.45) is 3.61. The highest BCUT2D eigenvalue weighted by atomic mass is 16.4. The Bertz CT molecular complexity index is 824. The quantitative estimate of drug-likeness (QED) is 0.828. The average Bonchev–Trinajstić information content (AvgIpc) is 3.46. The SMILES string of the molecule is Cc1cc(C(=O)N2CCC3(CC2)C[C@@H](C(=O)O)N(C(=O)C2CC2)C3)ccc1O. The molecule has 2 N–H and O–H groups in total. The summed E-state index contributed by atoms with van der Waals surface area (Å²) in [6.45, 7) is 3.35. The molecule has 3 aliphatic rings. The number of benzene rings is 1. The third-order valence-electron chi connectivity index (χ3n) is 6.56. The van der Waals surface area contributed by atoms with E-state index in [1.54, 1.807) is 28.9 Å². The molecule has 150 valence electrons. The number of carboxylic acid groups (broad SMARTS) is 1. The number of hydrogen-bond donors (Lipinski definition) is 2. The first-order chi connectivity index (χ1) is 13.3. The highest BCUT2D eigenvalue weighted by molar-refractivity contribution is 5.94. The van der Waals surface area contributed by atoms with E-state index in [-0.39, 0.29) is 28.9 Å². The second-order valence-electron chi connectivity index (χ2n) is 8.59. The number of phenols is 1. The van der Waals surface area contributed by atoms with Gasteiger partial charge in [0.2, 0.25) is 5.91 Å². The van der Waals surface area contributed by atoms with Crippen LogP contribution < -0.4 is 0 Å². The Labute approximate surface area is 163 Å². The smallest absolute Gasteiger partial charge is 0.326 e. The number of phenolic OH excluding ortho intramolecular Hbond substituents is 1. The fourth-order valence-corrected chi connectivity index (χ4v) is 4.59. The summed E-state index contributed by atoms with van der Waals surface area (Å²) in [5.41, 5.74) is 0.996. The minimum Gasteiger partial charge on any atom is -0.508 e. The van der Waals surface area contributed by atoms with Gasteiger partial charge < -0.3 is 20.0 Å². The van der Waals surface area contributed by atoms with Gasteiger partial charge in [0.25, 0.3) is 5.91 Å². The van der Waals surface area contributed by atoms with Gasteiger partial charge in [-0.25, -0.2) is 4.79 Å². The number of aliphatic carboxylic acids is 1. The molecule has 1 atom stereocenters. The molecule has 0 bridgehead atoms. The van der Waals surface area contributed by atoms with Crippen molar-refractivity contribution in [2.75, 3.05) is 19.6 Å². The van der Waals surface area contributed by atoms with Gasteiger partial charge in [0, 0.05) is 31.1 Å². The number of piperidine rings is 1. The number of nitrogens with zero attached hydrogens (tertiary/aromatic N) is 2. The first-order valence-corrected chi connectivity index (χ1v) is 9.92. The molecule has 1 spiro atoms. The molecule has 28 heavy (non-hydrogen) atoms. The molecule has 7 nitrogen and oxygen atoms in total. The van der Waals surface area contributed by atoms with E-state index in [2.05, 4.69) is 0 Å². The first kappa shape index (κ1) is 18.8. The van der Waals surface area contributed by atoms with Crippen molar-refractivity contribution >= 4 is 17.8 Å². The molecular formula is C21H26N2O5. The van der Waals surface area contributed by atoms with Gasteiger partial charge in [0.05, 0.1) is 0 Å². The van der Waals surface area contributed by atoms with Crippen LogP contribution in [0.3, 0.4) is 0 Å². The van der Waals surface area contributed by atoms with Crippen molar-refractivity contribution in [2.24, 2.45) is 11.3 Å². The maximum atomic E-state index is 12.8. The number of aryl methyl sites for hydroxylation is 1. The van der Waals surface area contributed by atoms with Crippen LogP contribution in [-0.4, -0.2) is 63.5 Å². The third kappa shape index (κ3) is 3.34. The van der Waals surface area contributed by atoms with Crippen molar-refractivity contribution in [1.82, 2.24) is 9.80 Å². The topological polar surface area (TPSA) is 98.2 Å². The monoisotopic (exact) mass is 386 g/mol. The second kappa shape index (κ2) is 6.79. The Morgan fingerprint density at radius 1 is 1.14 bits per heavy atom. The van der Waals surface area contributed by atoms with Gasteiger partial charge in [-0.3, -0.25) is 9.59 Å². The largest absolute Gasteiger partial charge is 0.508 e. The molecule has 0 radical (unpaired) electrons. The summed E-state index contributed by atoms with van der Waals surface area (Å²) >= 11 is 0. The van der Waals surface area contributed by atoms with Gasteiger partial charge in [-0.05, 0) is 68.2 Å². The molecule has 7 heteroatoms. The van der Waals surface area contributed by atoms with Crippen LogP contribution in [0, 0.1) is 18.3 Å². The molecule has 4 rings (SSSR count). The van der Waals surface area contributed by atoms with Crippen molar-refractivity contribution in [1.29, 1.82) is 0 Å². The van der Waals surface area contributed by atoms with E-state index >= 15 is 0 Å². The predicted octanol–water partition coefficient (Wildman–Crippen LogP) is 2.02. The van der Waals surface area contributed by atoms with Gasteiger partial charge in [-0.2, -0.15) is 0 Å². The van der Waals surface area contributed by atoms with Crippen molar-refractivity contribution in [3.63, 3.8) is 0 Å². The number of rotatable bonds is 3. The number of carbonyl (C=O) groups excluding carboxylic acids is 2. The fourth-order valence-electron chi connectivity index (χ4n) is 4.59. The number of hydrogen-bond acceptors (Lipinski definition) is 4. The molecule has 1 saturated carbocycles. The number of carbonyl (C=O) groups is 3. The summed E-state index contributed by atoms with van der Waals surface area (Å²) in [5, 5.41) is 19.3. The number of amides is 2. The number of aromatic hydroxyl groups is 1. The summed E-state index contributed by atoms with van der Waals surface area (Å²) in [6, 6.07) is 4.11. The van der Waals surface area contributed by atoms with E-state index in [4.69, 9.17) is 0 Å². The van der Waals surface area contributed by atoms with E-state index in [1.165, 1.54) is 6.07 Å². The van der Waals surface area contributed by atoms with Crippen molar-refractivity contribution in [3.05, 3.63) is 29.3 Å². The molecule has 1 aliphatic carbocycles. The van der Waals surface area contributed by atoms with Gasteiger partial charge in [0.15, 0.2) is 0 Å². The fraction of sp³-hybridized carbons (Fsp3) is 0.571. The van der Waals surface area contributed by atoms with Crippen LogP contribution in [0.2, 0.25) is 0 Å². The lowest BCUT2D eigenvalue weighted by molar-refractivity contribution is -0.148. The lowest BCUT2D eigenvalue weighted by Crippen LogP contribution is -2.45. The van der Waals surface area contributed by atoms with E-state index < -0.39 is 12.0 Å². The normalized spacial score (nSPS) is 23.8. The van der Waals surface area contributed by atoms with Crippen LogP contribution in [0.4, 0.5) is 0 Å². The van der Waals surface area contributed by atoms with Crippen molar-refractivity contribution < 1.29 is 24.6 Å². The molecule has 0 aromatic heterocycles. The van der Waals surface area contributed by atoms with Crippen LogP contribution in [0.15, 0.2) is 18.2 Å². The van der Waals surface area contributed by atoms with E-state index in [0.717, 1.165) is 12.8 Å². The minimum atomic E-state index is -0.927. The number of carboxylic acids is 1. The van der Waals surface area contributed by atoms with Gasteiger partial charge in [-0.1, -0.05) is 0 Å². The molecule has 2 amide bonds. The Morgan fingerprint density at radius 3 is 2.39 bits per heavy atom. The highest BCUT2D eigenvalue weighted by Crippen LogP contribution is 2.45. The zero-order valence-corrected chi connectivity index (χ0v) is 16.1. The molecule has 2 aliphatic heterocycles. The van der Waals surface area contributed by atoms with E-state index in [1.807, 2.05) is 0 Å². The Morgan fingerprint density at radius 2 is 1.82 bits per heavy atom. The zero-order valence-electron chi connectivity index (χ0n) is 16.1. The molecule has 0 unspecified atom stereocenters. The molecule has 1 aromatic rings. The first-order valence-electron chi connectivity index (χ1n) is 9.92. The van der Waals surface area contributed by atoms with E-state index in [0.29, 0.717) is 50.0 Å².